The van der Waals surface area contributed by atoms with Gasteiger partial charge in [-0.3, -0.25) is 9.69 Å². The van der Waals surface area contributed by atoms with Crippen LogP contribution in [0.4, 0.5) is 0 Å². The van der Waals surface area contributed by atoms with Crippen molar-refractivity contribution in [2.24, 2.45) is 5.41 Å². The minimum Gasteiger partial charge on any atom is -0.493 e. The fourth-order valence-electron chi connectivity index (χ4n) is 5.75. The number of methoxy groups -OCH3 is 3. The molecule has 0 unspecified atom stereocenters. The fourth-order valence-corrected chi connectivity index (χ4v) is 5.75. The minimum atomic E-state index is -0.316. The van der Waals surface area contributed by atoms with Gasteiger partial charge in [-0.25, -0.2) is 0 Å². The third-order valence-corrected chi connectivity index (χ3v) is 7.49. The van der Waals surface area contributed by atoms with Gasteiger partial charge in [0.05, 0.1) is 26.7 Å². The molecule has 1 aliphatic carbocycles. The quantitative estimate of drug-likeness (QED) is 0.631. The van der Waals surface area contributed by atoms with E-state index >= 15 is 0 Å². The van der Waals surface area contributed by atoms with Gasteiger partial charge < -0.3 is 24.0 Å². The summed E-state index contributed by atoms with van der Waals surface area (Å²) in [7, 11) is 7.04. The lowest BCUT2D eigenvalue weighted by Crippen LogP contribution is -2.56. The second-order valence-electron chi connectivity index (χ2n) is 9.30. The summed E-state index contributed by atoms with van der Waals surface area (Å²) in [5, 5.41) is 0. The molecule has 2 fully saturated rings. The summed E-state index contributed by atoms with van der Waals surface area (Å²) in [6.45, 7) is 5.17. The first-order chi connectivity index (χ1) is 15.5. The summed E-state index contributed by atoms with van der Waals surface area (Å²) in [4.78, 5) is 20.8. The number of carbonyl (C=O) groups is 1. The smallest absolute Gasteiger partial charge is 0.230 e. The van der Waals surface area contributed by atoms with E-state index in [1.165, 1.54) is 0 Å². The van der Waals surface area contributed by atoms with E-state index in [1.54, 1.807) is 21.3 Å². The van der Waals surface area contributed by atoms with Gasteiger partial charge in [-0.15, -0.1) is 0 Å². The van der Waals surface area contributed by atoms with Gasteiger partial charge in [-0.05, 0) is 44.0 Å². The predicted octanol–water partition coefficient (Wildman–Crippen LogP) is 2.79. The third-order valence-electron chi connectivity index (χ3n) is 7.49. The van der Waals surface area contributed by atoms with Crippen molar-refractivity contribution >= 4 is 5.91 Å². The van der Waals surface area contributed by atoms with Crippen molar-refractivity contribution in [3.8, 4) is 17.2 Å². The first-order valence-corrected chi connectivity index (χ1v) is 11.7. The fraction of sp³-hybridized carbons (Fsp3) is 0.640. The molecule has 0 N–H and O–H groups in total. The molecule has 1 saturated heterocycles. The van der Waals surface area contributed by atoms with Crippen LogP contribution in [0.25, 0.3) is 0 Å². The van der Waals surface area contributed by atoms with Crippen molar-refractivity contribution in [3.05, 3.63) is 29.8 Å². The van der Waals surface area contributed by atoms with Gasteiger partial charge in [0.1, 0.15) is 0 Å². The topological polar surface area (TPSA) is 54.5 Å². The Hall–Kier alpha value is -2.25. The van der Waals surface area contributed by atoms with Crippen LogP contribution < -0.4 is 14.2 Å². The van der Waals surface area contributed by atoms with Gasteiger partial charge in [-0.1, -0.05) is 18.6 Å². The maximum Gasteiger partial charge on any atom is 0.230 e. The number of nitrogens with zero attached hydrogens (tertiary/aromatic N) is 3. The molecule has 2 atom stereocenters. The monoisotopic (exact) mass is 443 g/mol. The Morgan fingerprint density at radius 3 is 2.34 bits per heavy atom. The molecule has 1 amide bonds. The zero-order chi connectivity index (χ0) is 22.7. The Bertz CT molecular complexity index is 825. The Morgan fingerprint density at radius 2 is 1.72 bits per heavy atom. The van der Waals surface area contributed by atoms with Crippen molar-refractivity contribution < 1.29 is 19.0 Å². The third kappa shape index (κ3) is 4.20. The van der Waals surface area contributed by atoms with Crippen LogP contribution >= 0.6 is 0 Å². The molecular formula is C25H37N3O4. The Balaban J connectivity index is 1.60. The van der Waals surface area contributed by atoms with Gasteiger partial charge in [0.2, 0.25) is 11.7 Å². The number of ether oxygens (including phenoxy) is 3. The molecule has 0 spiro atoms. The van der Waals surface area contributed by atoms with E-state index in [9.17, 15) is 4.79 Å². The van der Waals surface area contributed by atoms with Crippen molar-refractivity contribution in [2.75, 3.05) is 61.1 Å². The van der Waals surface area contributed by atoms with Gasteiger partial charge in [0, 0.05) is 45.3 Å². The molecule has 2 heterocycles. The number of piperazine rings is 1. The van der Waals surface area contributed by atoms with Crippen LogP contribution in [-0.2, 0) is 11.3 Å². The van der Waals surface area contributed by atoms with E-state index in [2.05, 4.69) is 33.9 Å². The van der Waals surface area contributed by atoms with Gasteiger partial charge in [-0.2, -0.15) is 0 Å². The van der Waals surface area contributed by atoms with Crippen LogP contribution in [0.3, 0.4) is 0 Å². The van der Waals surface area contributed by atoms with Gasteiger partial charge in [0.25, 0.3) is 0 Å². The number of amides is 1. The van der Waals surface area contributed by atoms with Crippen LogP contribution in [0, 0.1) is 5.41 Å². The Kier molecular flexibility index (Phi) is 6.96. The van der Waals surface area contributed by atoms with Crippen molar-refractivity contribution in [3.63, 3.8) is 0 Å². The molecule has 1 aromatic rings. The molecule has 4 rings (SSSR count). The number of carbonyl (C=O) groups excluding carboxylic acids is 1. The summed E-state index contributed by atoms with van der Waals surface area (Å²) in [6.07, 6.45) is 8.44. The SMILES string of the molecule is COc1cc(CN2CC=CC[C@@]3(C(=O)N4CCN(C)CC4)CCC[C@@H]23)cc(OC)c1OC. The van der Waals surface area contributed by atoms with E-state index in [4.69, 9.17) is 14.2 Å². The van der Waals surface area contributed by atoms with Crippen LogP contribution in [0.15, 0.2) is 24.3 Å². The summed E-state index contributed by atoms with van der Waals surface area (Å²) in [5.41, 5.74) is 0.784. The number of benzene rings is 1. The normalized spacial score (nSPS) is 26.5. The molecular weight excluding hydrogens is 406 g/mol. The highest BCUT2D eigenvalue weighted by Crippen LogP contribution is 2.48. The van der Waals surface area contributed by atoms with Gasteiger partial charge in [0.15, 0.2) is 11.5 Å². The molecule has 1 saturated carbocycles. The van der Waals surface area contributed by atoms with E-state index in [0.717, 1.165) is 70.5 Å². The maximum atomic E-state index is 13.9. The Labute approximate surface area is 191 Å². The van der Waals surface area contributed by atoms with Crippen LogP contribution in [0.2, 0.25) is 0 Å². The largest absolute Gasteiger partial charge is 0.493 e. The van der Waals surface area contributed by atoms with E-state index in [0.29, 0.717) is 23.2 Å². The first-order valence-electron chi connectivity index (χ1n) is 11.7. The first kappa shape index (κ1) is 22.9. The lowest BCUT2D eigenvalue weighted by molar-refractivity contribution is -0.146. The molecule has 32 heavy (non-hydrogen) atoms. The maximum absolute atomic E-state index is 13.9. The molecule has 7 heteroatoms. The molecule has 1 aromatic carbocycles. The standard InChI is InChI=1S/C25H37N3O4/c1-26-12-14-27(15-13-26)24(29)25-9-5-6-11-28(22(25)8-7-10-25)18-19-16-20(30-2)23(32-4)21(17-19)31-3/h5-6,16-17,22H,7-15,18H2,1-4H3/t22-,25-/m1/s1. The average molecular weight is 444 g/mol. The summed E-state index contributed by atoms with van der Waals surface area (Å²) >= 11 is 0. The molecule has 176 valence electrons. The molecule has 7 nitrogen and oxygen atoms in total. The van der Waals surface area contributed by atoms with E-state index in [-0.39, 0.29) is 11.5 Å². The predicted molar refractivity (Wildman–Crippen MR) is 124 cm³/mol. The lowest BCUT2D eigenvalue weighted by Gasteiger charge is -2.43. The summed E-state index contributed by atoms with van der Waals surface area (Å²) < 4.78 is 16.6. The minimum absolute atomic E-state index is 0.240. The van der Waals surface area contributed by atoms with Crippen molar-refractivity contribution in [1.29, 1.82) is 0 Å². The van der Waals surface area contributed by atoms with Crippen LogP contribution in [-0.4, -0.2) is 87.7 Å². The summed E-state index contributed by atoms with van der Waals surface area (Å²) in [6, 6.07) is 4.28. The highest BCUT2D eigenvalue weighted by Gasteiger charge is 2.52. The van der Waals surface area contributed by atoms with Crippen LogP contribution in [0.1, 0.15) is 31.2 Å². The number of hydrogen-bond acceptors (Lipinski definition) is 6. The van der Waals surface area contributed by atoms with Crippen LogP contribution in [0.5, 0.6) is 17.2 Å². The van der Waals surface area contributed by atoms with Crippen molar-refractivity contribution in [1.82, 2.24) is 14.7 Å². The number of fused-ring (bicyclic) bond motifs is 1. The molecule has 3 aliphatic rings. The second-order valence-corrected chi connectivity index (χ2v) is 9.30. The molecule has 0 aromatic heterocycles. The number of likely N-dealkylation sites (N-methyl/N-ethyl adjacent to an activating group) is 1. The zero-order valence-corrected chi connectivity index (χ0v) is 19.9. The Morgan fingerprint density at radius 1 is 1.03 bits per heavy atom. The van der Waals surface area contributed by atoms with E-state index < -0.39 is 0 Å². The van der Waals surface area contributed by atoms with E-state index in [1.807, 2.05) is 12.1 Å². The number of allylic oxidation sites excluding steroid dienone is 1. The molecule has 0 bridgehead atoms. The molecule has 2 aliphatic heterocycles. The lowest BCUT2D eigenvalue weighted by atomic mass is 9.77. The highest BCUT2D eigenvalue weighted by atomic mass is 16.5. The zero-order valence-electron chi connectivity index (χ0n) is 19.9. The summed E-state index contributed by atoms with van der Waals surface area (Å²) in [5.74, 6) is 2.29. The number of rotatable bonds is 6. The number of hydrogen-bond donors (Lipinski definition) is 0. The van der Waals surface area contributed by atoms with Gasteiger partial charge >= 0.3 is 0 Å². The highest BCUT2D eigenvalue weighted by molar-refractivity contribution is 5.84. The van der Waals surface area contributed by atoms with Crippen molar-refractivity contribution in [2.45, 2.75) is 38.3 Å². The molecule has 0 radical (unpaired) electrons. The second kappa shape index (κ2) is 9.71. The average Bonchev–Trinajstić information content (AvgIpc) is 3.17.